The van der Waals surface area contributed by atoms with Crippen LogP contribution in [0.3, 0.4) is 0 Å². The largest absolute Gasteiger partial charge is 0.309 e. The zero-order valence-electron chi connectivity index (χ0n) is 43.3. The smallest absolute Gasteiger partial charge is 0.179 e. The lowest BCUT2D eigenvalue weighted by Crippen LogP contribution is -2.69. The van der Waals surface area contributed by atoms with Gasteiger partial charge >= 0.3 is 0 Å². The summed E-state index contributed by atoms with van der Waals surface area (Å²) in [4.78, 5) is 0. The average molecular weight is 1030 g/mol. The summed E-state index contributed by atoms with van der Waals surface area (Å²) in [7, 11) is -3.32. The fourth-order valence-electron chi connectivity index (χ4n) is 13.8. The third-order valence-corrected chi connectivity index (χ3v) is 23.0. The Bertz CT molecular complexity index is 4480. The van der Waals surface area contributed by atoms with Crippen LogP contribution in [-0.4, -0.2) is 12.6 Å². The summed E-state index contributed by atoms with van der Waals surface area (Å²) >= 11 is 1.87. The Morgan fingerprint density at radius 3 is 1.60 bits per heavy atom. The molecule has 2 aromatic heterocycles. The summed E-state index contributed by atoms with van der Waals surface area (Å²) in [5.41, 5.74) is 19.3. The van der Waals surface area contributed by atoms with Gasteiger partial charge in [-0.3, -0.25) is 0 Å². The van der Waals surface area contributed by atoms with Crippen molar-refractivity contribution in [3.63, 3.8) is 0 Å². The number of fused-ring (bicyclic) bond motifs is 6. The second-order valence-electron chi connectivity index (χ2n) is 21.1. The molecule has 3 aliphatic carbocycles. The highest BCUT2D eigenvalue weighted by atomic mass is 32.1. The third-order valence-electron chi connectivity index (χ3n) is 17.1. The Morgan fingerprint density at radius 1 is 0.410 bits per heavy atom. The van der Waals surface area contributed by atoms with Gasteiger partial charge in [0.1, 0.15) is 0 Å². The minimum absolute atomic E-state index is 0.0425. The Labute approximate surface area is 460 Å². The van der Waals surface area contributed by atoms with E-state index in [0.29, 0.717) is 0 Å². The molecule has 16 rings (SSSR count). The molecule has 78 heavy (non-hydrogen) atoms. The minimum atomic E-state index is -3.32. The van der Waals surface area contributed by atoms with Gasteiger partial charge in [0.05, 0.1) is 16.7 Å². The number of aromatic nitrogens is 1. The molecule has 3 heteroatoms. The van der Waals surface area contributed by atoms with Crippen molar-refractivity contribution in [3.05, 3.63) is 324 Å². The van der Waals surface area contributed by atoms with E-state index >= 15 is 0 Å². The van der Waals surface area contributed by atoms with Crippen LogP contribution in [0.4, 0.5) is 0 Å². The molecular formula is C75H53NSSi. The van der Waals surface area contributed by atoms with Gasteiger partial charge in [-0.05, 0) is 137 Å². The van der Waals surface area contributed by atoms with Crippen LogP contribution in [0.5, 0.6) is 0 Å². The maximum atomic E-state index is 4.60. The molecule has 0 spiro atoms. The molecule has 13 aromatic rings. The van der Waals surface area contributed by atoms with E-state index in [4.69, 9.17) is 0 Å². The molecule has 0 aliphatic heterocycles. The number of allylic oxidation sites excluding steroid dienone is 5. The van der Waals surface area contributed by atoms with E-state index in [2.05, 4.69) is 297 Å². The molecule has 0 fully saturated rings. The normalized spacial score (nSPS) is 15.1. The summed E-state index contributed by atoms with van der Waals surface area (Å²) in [6.07, 6.45) is 4.50. The molecule has 368 valence electrons. The van der Waals surface area contributed by atoms with Crippen molar-refractivity contribution >= 4 is 76.9 Å². The Morgan fingerprint density at radius 2 is 0.936 bits per heavy atom. The Kier molecular flexibility index (Phi) is 11.0. The molecule has 3 aliphatic rings. The van der Waals surface area contributed by atoms with Crippen molar-refractivity contribution in [3.8, 4) is 39.1 Å². The highest BCUT2D eigenvalue weighted by Gasteiger charge is 2.51. The van der Waals surface area contributed by atoms with E-state index in [1.165, 1.54) is 135 Å². The monoisotopic (exact) mass is 1030 g/mol. The molecule has 11 aromatic carbocycles. The van der Waals surface area contributed by atoms with Crippen molar-refractivity contribution < 1.29 is 0 Å². The molecule has 0 N–H and O–H groups in total. The lowest BCUT2D eigenvalue weighted by atomic mass is 9.60. The maximum absolute atomic E-state index is 4.60. The van der Waals surface area contributed by atoms with Gasteiger partial charge in [0, 0.05) is 42.8 Å². The molecule has 1 nitrogen and oxygen atoms in total. The van der Waals surface area contributed by atoms with E-state index in [9.17, 15) is 0 Å². The van der Waals surface area contributed by atoms with Gasteiger partial charge in [-0.1, -0.05) is 243 Å². The van der Waals surface area contributed by atoms with Gasteiger partial charge in [-0.2, -0.15) is 0 Å². The maximum Gasteiger partial charge on any atom is 0.179 e. The van der Waals surface area contributed by atoms with E-state index in [1.807, 2.05) is 11.3 Å². The fourth-order valence-corrected chi connectivity index (χ4v) is 20.1. The zero-order chi connectivity index (χ0) is 51.9. The van der Waals surface area contributed by atoms with Gasteiger partial charge in [0.25, 0.3) is 0 Å². The first-order chi connectivity index (χ1) is 38.6. The Balaban J connectivity index is 0.992. The van der Waals surface area contributed by atoms with E-state index in [0.717, 1.165) is 0 Å². The SMILES string of the molecule is C=C/C=C(\C1=C(C)C2c3ccccc3C1c1c2cccc1-n1c2ccccc2c2cc(-c3ccc4sc5ccccc5c4c3)ccc21)[Si](c1ccccc1)(c1ccccc1)c1cc(-c2ccccc2)cc(-c2ccccc2)c1. The van der Waals surface area contributed by atoms with Crippen LogP contribution in [0, 0.1) is 0 Å². The molecule has 2 unspecified atom stereocenters. The van der Waals surface area contributed by atoms with Crippen LogP contribution in [-0.2, 0) is 0 Å². The first-order valence-corrected chi connectivity index (χ1v) is 30.0. The van der Waals surface area contributed by atoms with Crippen LogP contribution in [0.2, 0.25) is 0 Å². The third kappa shape index (κ3) is 7.05. The molecule has 0 saturated heterocycles. The van der Waals surface area contributed by atoms with Crippen LogP contribution in [0.15, 0.2) is 302 Å². The summed E-state index contributed by atoms with van der Waals surface area (Å²) in [5.74, 6) is -0.0441. The predicted octanol–water partition coefficient (Wildman–Crippen LogP) is 17.9. The molecule has 2 atom stereocenters. The van der Waals surface area contributed by atoms with Crippen molar-refractivity contribution in [2.45, 2.75) is 18.8 Å². The lowest BCUT2D eigenvalue weighted by molar-refractivity contribution is 0.734. The summed E-state index contributed by atoms with van der Waals surface area (Å²) in [6, 6.07) is 101. The van der Waals surface area contributed by atoms with Crippen LogP contribution in [0.1, 0.15) is 41.0 Å². The van der Waals surface area contributed by atoms with Gasteiger partial charge in [-0.25, -0.2) is 0 Å². The van der Waals surface area contributed by atoms with Crippen LogP contribution < -0.4 is 15.6 Å². The van der Waals surface area contributed by atoms with Gasteiger partial charge in [0.2, 0.25) is 0 Å². The number of benzene rings is 11. The van der Waals surface area contributed by atoms with Gasteiger partial charge in [-0.15, -0.1) is 11.3 Å². The van der Waals surface area contributed by atoms with Crippen molar-refractivity contribution in [1.82, 2.24) is 4.57 Å². The number of nitrogens with zero attached hydrogens (tertiary/aromatic N) is 1. The number of thiophene rings is 1. The van der Waals surface area contributed by atoms with Crippen molar-refractivity contribution in [2.24, 2.45) is 0 Å². The molecule has 0 amide bonds. The minimum Gasteiger partial charge on any atom is -0.309 e. The van der Waals surface area contributed by atoms with E-state index in [1.54, 1.807) is 0 Å². The highest BCUT2D eigenvalue weighted by Crippen LogP contribution is 2.60. The first-order valence-electron chi connectivity index (χ1n) is 27.2. The molecule has 0 saturated carbocycles. The second kappa shape index (κ2) is 18.6. The van der Waals surface area contributed by atoms with Gasteiger partial charge < -0.3 is 4.57 Å². The quantitative estimate of drug-likeness (QED) is 0.0731. The Hall–Kier alpha value is -9.12. The zero-order valence-corrected chi connectivity index (χ0v) is 45.1. The summed E-state index contributed by atoms with van der Waals surface area (Å²) in [6.45, 7) is 7.04. The summed E-state index contributed by atoms with van der Waals surface area (Å²) in [5, 5.41) is 10.5. The van der Waals surface area contributed by atoms with Crippen molar-refractivity contribution in [1.29, 1.82) is 0 Å². The number of para-hydroxylation sites is 1. The van der Waals surface area contributed by atoms with Crippen LogP contribution >= 0.6 is 11.3 Å². The molecule has 0 radical (unpaired) electrons. The second-order valence-corrected chi connectivity index (χ2v) is 25.9. The van der Waals surface area contributed by atoms with E-state index < -0.39 is 8.07 Å². The standard InChI is InChI=1S/C75H53NSSi/c1-3-23-71(78(56-28-12-6-13-29-56,57-30-14-7-15-31-57)58-45-54(50-24-8-4-9-25-50)44-55(46-58)51-26-10-5-11-27-51)73-49(2)72-61-34-16-17-35-62(61)75(73)74-63(72)36-22-38-68(74)76-66-37-20-18-32-59(66)64-47-52(40-42-67(64)76)53-41-43-70-65(48-53)60-33-19-21-39-69(60)77-70/h3-48,72,75H,1H2,2H3/b71-23+. The van der Waals surface area contributed by atoms with Crippen molar-refractivity contribution in [2.75, 3.05) is 0 Å². The lowest BCUT2D eigenvalue weighted by Gasteiger charge is -2.48. The summed E-state index contributed by atoms with van der Waals surface area (Å²) < 4.78 is 5.24. The first kappa shape index (κ1) is 46.2. The number of rotatable bonds is 10. The molecule has 2 bridgehead atoms. The van der Waals surface area contributed by atoms with Crippen LogP contribution in [0.25, 0.3) is 81.0 Å². The highest BCUT2D eigenvalue weighted by molar-refractivity contribution is 7.25. The number of hydrogen-bond acceptors (Lipinski definition) is 1. The van der Waals surface area contributed by atoms with E-state index in [-0.39, 0.29) is 11.8 Å². The average Bonchev–Trinajstić information content (AvgIpc) is 4.18. The van der Waals surface area contributed by atoms with Gasteiger partial charge in [0.15, 0.2) is 8.07 Å². The predicted molar refractivity (Wildman–Crippen MR) is 335 cm³/mol. The number of hydrogen-bond donors (Lipinski definition) is 0. The molecule has 2 heterocycles. The topological polar surface area (TPSA) is 4.93 Å². The molecular weight excluding hydrogens is 975 g/mol. The fraction of sp³-hybridized carbons (Fsp3) is 0.0400.